The molecule has 1 aromatic heterocycles. The first-order chi connectivity index (χ1) is 11.5. The van der Waals surface area contributed by atoms with Crippen LogP contribution in [0, 0.1) is 17.0 Å². The number of carbonyl (C=O) groups is 1. The maximum absolute atomic E-state index is 12.4. The molecule has 1 heterocycles. The van der Waals surface area contributed by atoms with E-state index >= 15 is 0 Å². The molecule has 0 spiro atoms. The van der Waals surface area contributed by atoms with Crippen LogP contribution in [0.15, 0.2) is 42.5 Å². The summed E-state index contributed by atoms with van der Waals surface area (Å²) >= 11 is 0. The molecule has 0 aliphatic rings. The summed E-state index contributed by atoms with van der Waals surface area (Å²) in [6, 6.07) is 12.2. The number of benzene rings is 2. The highest BCUT2D eigenvalue weighted by Crippen LogP contribution is 2.21. The average Bonchev–Trinajstić information content (AvgIpc) is 2.89. The fraction of sp³-hybridized carbons (Fsp3) is 0.176. The van der Waals surface area contributed by atoms with E-state index in [1.54, 1.807) is 13.0 Å². The smallest absolute Gasteiger partial charge is 0.273 e. The minimum atomic E-state index is -0.489. The molecule has 0 radical (unpaired) electrons. The number of rotatable bonds is 4. The topological polar surface area (TPSA) is 90.1 Å². The second kappa shape index (κ2) is 6.11. The van der Waals surface area contributed by atoms with Gasteiger partial charge in [-0.1, -0.05) is 18.2 Å². The van der Waals surface area contributed by atoms with Gasteiger partial charge in [-0.05, 0) is 25.1 Å². The summed E-state index contributed by atoms with van der Waals surface area (Å²) in [6.07, 6.45) is 0. The van der Waals surface area contributed by atoms with Crippen molar-refractivity contribution >= 4 is 22.6 Å². The van der Waals surface area contributed by atoms with Gasteiger partial charge in [-0.25, -0.2) is 4.98 Å². The Morgan fingerprint density at radius 2 is 2.00 bits per heavy atom. The summed E-state index contributed by atoms with van der Waals surface area (Å²) in [5.74, 6) is 0.357. The number of nitro benzene ring substituents is 1. The van der Waals surface area contributed by atoms with Gasteiger partial charge in [0, 0.05) is 24.2 Å². The van der Waals surface area contributed by atoms with Crippen LogP contribution >= 0.6 is 0 Å². The monoisotopic (exact) mass is 324 g/mol. The van der Waals surface area contributed by atoms with E-state index in [1.165, 1.54) is 12.1 Å². The van der Waals surface area contributed by atoms with Gasteiger partial charge >= 0.3 is 0 Å². The maximum Gasteiger partial charge on any atom is 0.273 e. The zero-order valence-electron chi connectivity index (χ0n) is 13.3. The number of nitro groups is 1. The van der Waals surface area contributed by atoms with Crippen molar-refractivity contribution in [3.63, 3.8) is 0 Å². The second-order valence-electron chi connectivity index (χ2n) is 5.47. The lowest BCUT2D eigenvalue weighted by Gasteiger charge is -2.08. The fourth-order valence-electron chi connectivity index (χ4n) is 2.68. The minimum absolute atomic E-state index is 0.0645. The maximum atomic E-state index is 12.4. The number of imidazole rings is 1. The number of carbonyl (C=O) groups excluding carboxylic acids is 1. The van der Waals surface area contributed by atoms with Gasteiger partial charge in [0.15, 0.2) is 0 Å². The summed E-state index contributed by atoms with van der Waals surface area (Å²) in [5.41, 5.74) is 2.42. The molecule has 1 amide bonds. The van der Waals surface area contributed by atoms with Crippen LogP contribution in [0.4, 0.5) is 5.69 Å². The van der Waals surface area contributed by atoms with Gasteiger partial charge in [-0.15, -0.1) is 0 Å². The molecule has 3 aromatic rings. The van der Waals surface area contributed by atoms with Crippen LogP contribution < -0.4 is 5.32 Å². The van der Waals surface area contributed by atoms with Crippen LogP contribution in [-0.4, -0.2) is 20.4 Å². The van der Waals surface area contributed by atoms with Gasteiger partial charge in [-0.3, -0.25) is 14.9 Å². The number of fused-ring (bicyclic) bond motifs is 1. The number of nitrogens with one attached hydrogen (secondary N) is 1. The molecule has 3 rings (SSSR count). The lowest BCUT2D eigenvalue weighted by atomic mass is 10.1. The molecular weight excluding hydrogens is 308 g/mol. The van der Waals surface area contributed by atoms with Crippen LogP contribution in [0.25, 0.3) is 11.0 Å². The van der Waals surface area contributed by atoms with Crippen molar-refractivity contribution in [1.29, 1.82) is 0 Å². The third-order valence-electron chi connectivity index (χ3n) is 4.03. The van der Waals surface area contributed by atoms with Crippen molar-refractivity contribution < 1.29 is 9.72 Å². The summed E-state index contributed by atoms with van der Waals surface area (Å²) in [6.45, 7) is 1.81. The molecule has 2 aromatic carbocycles. The Kier molecular flexibility index (Phi) is 3.99. The SMILES string of the molecule is Cc1c(C(=O)NCc2nc3ccccc3n2C)cccc1[N+](=O)[O-]. The van der Waals surface area contributed by atoms with Gasteiger partial charge in [0.05, 0.1) is 22.5 Å². The van der Waals surface area contributed by atoms with E-state index in [-0.39, 0.29) is 18.1 Å². The summed E-state index contributed by atoms with van der Waals surface area (Å²) < 4.78 is 1.91. The predicted molar refractivity (Wildman–Crippen MR) is 89.7 cm³/mol. The zero-order valence-corrected chi connectivity index (χ0v) is 13.3. The molecule has 7 nitrogen and oxygen atoms in total. The molecular formula is C17H16N4O3. The standard InChI is InChI=1S/C17H16N4O3/c1-11-12(6-5-9-14(11)21(23)24)17(22)18-10-16-19-13-7-3-4-8-15(13)20(16)2/h3-9H,10H2,1-2H3,(H,18,22). The highest BCUT2D eigenvalue weighted by Gasteiger charge is 2.18. The van der Waals surface area contributed by atoms with E-state index < -0.39 is 4.92 Å². The number of aromatic nitrogens is 2. The second-order valence-corrected chi connectivity index (χ2v) is 5.47. The van der Waals surface area contributed by atoms with Crippen molar-refractivity contribution in [2.45, 2.75) is 13.5 Å². The third-order valence-corrected chi connectivity index (χ3v) is 4.03. The molecule has 1 N–H and O–H groups in total. The zero-order chi connectivity index (χ0) is 17.3. The Balaban J connectivity index is 1.82. The highest BCUT2D eigenvalue weighted by atomic mass is 16.6. The quantitative estimate of drug-likeness (QED) is 0.590. The van der Waals surface area contributed by atoms with Crippen LogP contribution in [0.3, 0.4) is 0 Å². The van der Waals surface area contributed by atoms with Crippen molar-refractivity contribution in [2.75, 3.05) is 0 Å². The van der Waals surface area contributed by atoms with Crippen molar-refractivity contribution in [3.05, 3.63) is 69.5 Å². The van der Waals surface area contributed by atoms with Crippen molar-refractivity contribution in [3.8, 4) is 0 Å². The summed E-state index contributed by atoms with van der Waals surface area (Å²) in [4.78, 5) is 27.3. The van der Waals surface area contributed by atoms with Gasteiger partial charge in [-0.2, -0.15) is 0 Å². The third kappa shape index (κ3) is 2.71. The Morgan fingerprint density at radius 3 is 2.71 bits per heavy atom. The van der Waals surface area contributed by atoms with E-state index in [0.29, 0.717) is 17.0 Å². The van der Waals surface area contributed by atoms with Crippen LogP contribution in [-0.2, 0) is 13.6 Å². The molecule has 0 saturated carbocycles. The number of amides is 1. The fourth-order valence-corrected chi connectivity index (χ4v) is 2.68. The molecule has 7 heteroatoms. The molecule has 0 aliphatic carbocycles. The van der Waals surface area contributed by atoms with E-state index in [2.05, 4.69) is 10.3 Å². The molecule has 0 atom stereocenters. The van der Waals surface area contributed by atoms with Crippen molar-refractivity contribution in [1.82, 2.24) is 14.9 Å². The highest BCUT2D eigenvalue weighted by molar-refractivity contribution is 5.96. The average molecular weight is 324 g/mol. The summed E-state index contributed by atoms with van der Waals surface area (Å²) in [7, 11) is 1.88. The van der Waals surface area contributed by atoms with Gasteiger partial charge in [0.25, 0.3) is 11.6 Å². The Morgan fingerprint density at radius 1 is 1.25 bits per heavy atom. The van der Waals surface area contributed by atoms with E-state index in [4.69, 9.17) is 0 Å². The molecule has 0 bridgehead atoms. The van der Waals surface area contributed by atoms with Crippen LogP contribution in [0.5, 0.6) is 0 Å². The van der Waals surface area contributed by atoms with Gasteiger partial charge in [0.1, 0.15) is 5.82 Å². The number of para-hydroxylation sites is 2. The summed E-state index contributed by atoms with van der Waals surface area (Å²) in [5, 5.41) is 13.8. The van der Waals surface area contributed by atoms with E-state index in [0.717, 1.165) is 11.0 Å². The van der Waals surface area contributed by atoms with E-state index in [9.17, 15) is 14.9 Å². The molecule has 122 valence electrons. The number of nitrogens with zero attached hydrogens (tertiary/aromatic N) is 3. The Hall–Kier alpha value is -3.22. The molecule has 0 aliphatic heterocycles. The van der Waals surface area contributed by atoms with Crippen LogP contribution in [0.1, 0.15) is 21.7 Å². The Labute approximate surface area is 138 Å². The predicted octanol–water partition coefficient (Wildman–Crippen LogP) is 2.72. The number of aryl methyl sites for hydroxylation is 1. The lowest BCUT2D eigenvalue weighted by Crippen LogP contribution is -2.25. The largest absolute Gasteiger partial charge is 0.345 e. The number of hydrogen-bond acceptors (Lipinski definition) is 4. The van der Waals surface area contributed by atoms with Gasteiger partial charge in [0.2, 0.25) is 0 Å². The normalized spacial score (nSPS) is 10.8. The Bertz CT molecular complexity index is 946. The lowest BCUT2D eigenvalue weighted by molar-refractivity contribution is -0.385. The first-order valence-corrected chi connectivity index (χ1v) is 7.41. The minimum Gasteiger partial charge on any atom is -0.345 e. The van der Waals surface area contributed by atoms with E-state index in [1.807, 2.05) is 35.9 Å². The number of hydrogen-bond donors (Lipinski definition) is 1. The molecule has 0 fully saturated rings. The molecule has 24 heavy (non-hydrogen) atoms. The first kappa shape index (κ1) is 15.7. The van der Waals surface area contributed by atoms with Crippen LogP contribution in [0.2, 0.25) is 0 Å². The molecule has 0 saturated heterocycles. The molecule has 0 unspecified atom stereocenters. The van der Waals surface area contributed by atoms with Crippen molar-refractivity contribution in [2.24, 2.45) is 7.05 Å². The first-order valence-electron chi connectivity index (χ1n) is 7.41. The van der Waals surface area contributed by atoms with Gasteiger partial charge < -0.3 is 9.88 Å².